The molecule has 1 N–H and O–H groups in total. The summed E-state index contributed by atoms with van der Waals surface area (Å²) < 4.78 is 5.59. The van der Waals surface area contributed by atoms with E-state index < -0.39 is 11.9 Å². The first kappa shape index (κ1) is 13.4. The number of rotatable bonds is 3. The van der Waals surface area contributed by atoms with E-state index in [1.165, 1.54) is 6.08 Å². The Bertz CT molecular complexity index is 683. The third kappa shape index (κ3) is 2.81. The van der Waals surface area contributed by atoms with Gasteiger partial charge in [-0.15, -0.1) is 0 Å². The summed E-state index contributed by atoms with van der Waals surface area (Å²) in [7, 11) is 0. The molecular weight excluding hydrogens is 270 g/mol. The number of carbonyl (C=O) groups excluding carboxylic acids is 1. The van der Waals surface area contributed by atoms with Crippen molar-refractivity contribution in [2.45, 2.75) is 6.42 Å². The van der Waals surface area contributed by atoms with E-state index in [1.807, 2.05) is 30.3 Å². The predicted molar refractivity (Wildman–Crippen MR) is 77.6 cm³/mol. The summed E-state index contributed by atoms with van der Waals surface area (Å²) in [5.74, 6) is -0.863. The number of carboxylic acid groups (broad SMARTS) is 1. The third-order valence-corrected chi connectivity index (χ3v) is 3.68. The van der Waals surface area contributed by atoms with Crippen molar-refractivity contribution in [2.24, 2.45) is 5.92 Å². The fourth-order valence-electron chi connectivity index (χ4n) is 2.51. The number of fused-ring (bicyclic) bond motifs is 1. The van der Waals surface area contributed by atoms with Gasteiger partial charge in [0.15, 0.2) is 0 Å². The van der Waals surface area contributed by atoms with Crippen LogP contribution in [-0.2, 0) is 9.59 Å². The summed E-state index contributed by atoms with van der Waals surface area (Å²) in [6.45, 7) is 0.763. The van der Waals surface area contributed by atoms with Crippen molar-refractivity contribution in [3.05, 3.63) is 42.2 Å². The molecular formula is C16H15NO4. The molecule has 3 rings (SSSR count). The molecule has 1 amide bonds. The summed E-state index contributed by atoms with van der Waals surface area (Å²) in [5, 5.41) is 9.91. The molecule has 108 valence electrons. The fraction of sp³-hybridized carbons (Fsp3) is 0.250. The van der Waals surface area contributed by atoms with Gasteiger partial charge in [-0.05, 0) is 24.6 Å². The Balaban J connectivity index is 1.68. The zero-order chi connectivity index (χ0) is 14.8. The number of hydrogen-bond donors (Lipinski definition) is 1. The van der Waals surface area contributed by atoms with Gasteiger partial charge in [-0.25, -0.2) is 0 Å². The van der Waals surface area contributed by atoms with Crippen LogP contribution >= 0.6 is 0 Å². The highest BCUT2D eigenvalue weighted by Gasteiger charge is 2.29. The number of likely N-dealkylation sites (tertiary alicyclic amines) is 1. The first-order valence-corrected chi connectivity index (χ1v) is 6.82. The van der Waals surface area contributed by atoms with Crippen molar-refractivity contribution in [3.8, 4) is 0 Å². The van der Waals surface area contributed by atoms with E-state index in [0.29, 0.717) is 18.7 Å². The zero-order valence-electron chi connectivity index (χ0n) is 11.4. The Morgan fingerprint density at radius 3 is 2.86 bits per heavy atom. The van der Waals surface area contributed by atoms with Gasteiger partial charge < -0.3 is 14.4 Å². The maximum Gasteiger partial charge on any atom is 0.308 e. The number of carbonyl (C=O) groups is 2. The Hall–Kier alpha value is -2.56. The summed E-state index contributed by atoms with van der Waals surface area (Å²) in [6, 6.07) is 9.49. The molecule has 1 fully saturated rings. The lowest BCUT2D eigenvalue weighted by atomic mass is 10.1. The predicted octanol–water partition coefficient (Wildman–Crippen LogP) is 2.38. The van der Waals surface area contributed by atoms with Gasteiger partial charge in [-0.2, -0.15) is 0 Å². The van der Waals surface area contributed by atoms with Crippen LogP contribution < -0.4 is 0 Å². The van der Waals surface area contributed by atoms with Crippen LogP contribution in [0.4, 0.5) is 0 Å². The molecule has 0 saturated carbocycles. The van der Waals surface area contributed by atoms with E-state index in [1.54, 1.807) is 11.0 Å². The number of furan rings is 1. The molecule has 1 saturated heterocycles. The van der Waals surface area contributed by atoms with Crippen molar-refractivity contribution in [1.82, 2.24) is 4.90 Å². The highest BCUT2D eigenvalue weighted by Crippen LogP contribution is 2.20. The Labute approximate surface area is 121 Å². The molecule has 1 unspecified atom stereocenters. The molecule has 1 aliphatic rings. The van der Waals surface area contributed by atoms with E-state index in [-0.39, 0.29) is 12.5 Å². The lowest BCUT2D eigenvalue weighted by molar-refractivity contribution is -0.141. The molecule has 2 heterocycles. The van der Waals surface area contributed by atoms with Crippen molar-refractivity contribution in [2.75, 3.05) is 13.1 Å². The van der Waals surface area contributed by atoms with E-state index in [9.17, 15) is 9.59 Å². The lowest BCUT2D eigenvalue weighted by Crippen LogP contribution is -2.28. The fourth-order valence-corrected chi connectivity index (χ4v) is 2.51. The van der Waals surface area contributed by atoms with Crippen LogP contribution in [0, 0.1) is 5.92 Å². The number of nitrogens with zero attached hydrogens (tertiary/aromatic N) is 1. The standard InChI is InChI=1S/C16H15NO4/c18-15(17-8-7-12(10-17)16(19)20)6-5-13-9-11-3-1-2-4-14(11)21-13/h1-6,9,12H,7-8,10H2,(H,19,20)/b6-5+. The van der Waals surface area contributed by atoms with Crippen LogP contribution in [-0.4, -0.2) is 35.0 Å². The zero-order valence-corrected chi connectivity index (χ0v) is 11.4. The van der Waals surface area contributed by atoms with Crippen LogP contribution in [0.3, 0.4) is 0 Å². The SMILES string of the molecule is O=C(O)C1CCN(C(=O)/C=C/c2cc3ccccc3o2)C1. The molecule has 1 atom stereocenters. The van der Waals surface area contributed by atoms with Crippen molar-refractivity contribution in [1.29, 1.82) is 0 Å². The van der Waals surface area contributed by atoms with Crippen LogP contribution in [0.15, 0.2) is 40.8 Å². The molecule has 2 aromatic rings. The Kier molecular flexibility index (Phi) is 3.48. The Morgan fingerprint density at radius 2 is 2.14 bits per heavy atom. The van der Waals surface area contributed by atoms with Gasteiger partial charge >= 0.3 is 5.97 Å². The van der Waals surface area contributed by atoms with Crippen LogP contribution in [0.25, 0.3) is 17.0 Å². The molecule has 0 spiro atoms. The van der Waals surface area contributed by atoms with Crippen LogP contribution in [0.1, 0.15) is 12.2 Å². The second kappa shape index (κ2) is 5.44. The maximum absolute atomic E-state index is 12.0. The number of hydrogen-bond acceptors (Lipinski definition) is 3. The first-order valence-electron chi connectivity index (χ1n) is 6.82. The Morgan fingerprint density at radius 1 is 1.33 bits per heavy atom. The smallest absolute Gasteiger partial charge is 0.308 e. The molecule has 0 radical (unpaired) electrons. The highest BCUT2D eigenvalue weighted by molar-refractivity contribution is 5.92. The molecule has 1 aliphatic heterocycles. The van der Waals surface area contributed by atoms with Crippen molar-refractivity contribution in [3.63, 3.8) is 0 Å². The van der Waals surface area contributed by atoms with Gasteiger partial charge in [-0.3, -0.25) is 9.59 Å². The van der Waals surface area contributed by atoms with Crippen LogP contribution in [0.2, 0.25) is 0 Å². The van der Waals surface area contributed by atoms with Crippen LogP contribution in [0.5, 0.6) is 0 Å². The second-order valence-corrected chi connectivity index (χ2v) is 5.13. The van der Waals surface area contributed by atoms with Gasteiger partial charge in [0.05, 0.1) is 5.92 Å². The van der Waals surface area contributed by atoms with Gasteiger partial charge in [0.25, 0.3) is 0 Å². The summed E-state index contributed by atoms with van der Waals surface area (Å²) in [5.41, 5.74) is 0.775. The average molecular weight is 285 g/mol. The third-order valence-electron chi connectivity index (χ3n) is 3.68. The highest BCUT2D eigenvalue weighted by atomic mass is 16.4. The second-order valence-electron chi connectivity index (χ2n) is 5.13. The molecule has 5 nitrogen and oxygen atoms in total. The minimum absolute atomic E-state index is 0.181. The quantitative estimate of drug-likeness (QED) is 0.879. The minimum Gasteiger partial charge on any atom is -0.481 e. The van der Waals surface area contributed by atoms with Gasteiger partial charge in [0.2, 0.25) is 5.91 Å². The van der Waals surface area contributed by atoms with Gasteiger partial charge in [0.1, 0.15) is 11.3 Å². The van der Waals surface area contributed by atoms with E-state index in [0.717, 1.165) is 11.0 Å². The topological polar surface area (TPSA) is 70.8 Å². The monoisotopic (exact) mass is 285 g/mol. The van der Waals surface area contributed by atoms with E-state index >= 15 is 0 Å². The van der Waals surface area contributed by atoms with Crippen molar-refractivity contribution < 1.29 is 19.1 Å². The maximum atomic E-state index is 12.0. The molecule has 1 aromatic carbocycles. The van der Waals surface area contributed by atoms with Gasteiger partial charge in [0, 0.05) is 24.6 Å². The largest absolute Gasteiger partial charge is 0.481 e. The molecule has 0 aliphatic carbocycles. The average Bonchev–Trinajstić information content (AvgIpc) is 3.11. The number of para-hydroxylation sites is 1. The lowest BCUT2D eigenvalue weighted by Gasteiger charge is -2.12. The first-order chi connectivity index (χ1) is 10.1. The molecule has 1 aromatic heterocycles. The summed E-state index contributed by atoms with van der Waals surface area (Å²) in [4.78, 5) is 24.4. The number of carboxylic acids is 1. The molecule has 0 bridgehead atoms. The minimum atomic E-state index is -0.841. The molecule has 21 heavy (non-hydrogen) atoms. The normalized spacial score (nSPS) is 18.7. The van der Waals surface area contributed by atoms with E-state index in [4.69, 9.17) is 9.52 Å². The van der Waals surface area contributed by atoms with Gasteiger partial charge in [-0.1, -0.05) is 18.2 Å². The summed E-state index contributed by atoms with van der Waals surface area (Å²) in [6.07, 6.45) is 3.57. The number of amides is 1. The number of benzene rings is 1. The summed E-state index contributed by atoms with van der Waals surface area (Å²) >= 11 is 0. The molecule has 5 heteroatoms. The van der Waals surface area contributed by atoms with E-state index in [2.05, 4.69) is 0 Å². The van der Waals surface area contributed by atoms with Crippen molar-refractivity contribution >= 4 is 28.9 Å². The number of aliphatic carboxylic acids is 1.